The number of carboxylic acid groups (broad SMARTS) is 2. The van der Waals surface area contributed by atoms with Gasteiger partial charge in [-0.3, -0.25) is 57.5 Å². The second-order valence-corrected chi connectivity index (χ2v) is 34.8. The molecule has 0 bridgehead atoms. The zero-order valence-corrected chi connectivity index (χ0v) is 84.5. The lowest BCUT2D eigenvalue weighted by Gasteiger charge is -2.19. The zero-order valence-electron chi connectivity index (χ0n) is 77.7. The van der Waals surface area contributed by atoms with Gasteiger partial charge in [-0.15, -0.1) is 12.4 Å². The molecule has 137 heavy (non-hydrogen) atoms. The van der Waals surface area contributed by atoms with Crippen LogP contribution >= 0.6 is 105 Å². The maximum atomic E-state index is 12.3. The molecule has 0 saturated carbocycles. The van der Waals surface area contributed by atoms with Gasteiger partial charge in [-0.25, -0.2) is 0 Å². The summed E-state index contributed by atoms with van der Waals surface area (Å²) in [5.41, 5.74) is 16.3. The Hall–Kier alpha value is -11.0. The van der Waals surface area contributed by atoms with Gasteiger partial charge in [0.25, 0.3) is 0 Å². The third-order valence-electron chi connectivity index (χ3n) is 16.5. The van der Waals surface area contributed by atoms with Gasteiger partial charge in [0.15, 0.2) is 0 Å². The molecule has 16 N–H and O–H groups in total. The summed E-state index contributed by atoms with van der Waals surface area (Å²) in [6, 6.07) is 49.9. The number of para-hydroxylation sites is 8. The Morgan fingerprint density at radius 3 is 0.781 bits per heavy atom. The maximum Gasteiger partial charge on any atom is 0.310 e. The van der Waals surface area contributed by atoms with Crippen molar-refractivity contribution in [3.05, 3.63) is 232 Å². The number of carbonyl (C=O) groups excluding carboxylic acids is 10. The average Bonchev–Trinajstić information content (AvgIpc) is 0.842. The summed E-state index contributed by atoms with van der Waals surface area (Å²) in [7, 11) is 0. The predicted octanol–water partition coefficient (Wildman–Crippen LogP) is 17.8. The van der Waals surface area contributed by atoms with Crippen molar-refractivity contribution >= 4 is 222 Å². The van der Waals surface area contributed by atoms with E-state index < -0.39 is 52.6 Å². The van der Waals surface area contributed by atoms with E-state index in [1.54, 1.807) is 159 Å². The van der Waals surface area contributed by atoms with Gasteiger partial charge < -0.3 is 103 Å². The van der Waals surface area contributed by atoms with Gasteiger partial charge in [-0.2, -0.15) is 0 Å². The second kappa shape index (κ2) is 68.1. The highest BCUT2D eigenvalue weighted by Crippen LogP contribution is 2.38. The molecule has 0 atom stereocenters. The number of benzene rings is 8. The van der Waals surface area contributed by atoms with Crippen LogP contribution in [0.1, 0.15) is 143 Å². The molecule has 0 fully saturated rings. The lowest BCUT2D eigenvalue weighted by molar-refractivity contribution is -0.157. The van der Waals surface area contributed by atoms with Crippen molar-refractivity contribution in [3.8, 4) is 0 Å². The Labute approximate surface area is 844 Å². The van der Waals surface area contributed by atoms with Gasteiger partial charge in [0.1, 0.15) is 36.6 Å². The Morgan fingerprint density at radius 2 is 0.547 bits per heavy atom. The Balaban J connectivity index is 0.000000835. The molecule has 8 aromatic rings. The number of esters is 6. The molecule has 8 rings (SSSR count). The molecule has 0 radical (unpaired) electrons. The van der Waals surface area contributed by atoms with Crippen LogP contribution in [-0.4, -0.2) is 181 Å². The van der Waals surface area contributed by atoms with E-state index in [-0.39, 0.29) is 171 Å². The van der Waals surface area contributed by atoms with Crippen molar-refractivity contribution in [2.75, 3.05) is 93.6 Å². The van der Waals surface area contributed by atoms with E-state index in [9.17, 15) is 57.5 Å². The molecule has 4 amide bonds. The number of halogens is 9. The number of aliphatic carboxylic acids is 2. The Bertz CT molecular complexity index is 5070. The van der Waals surface area contributed by atoms with Gasteiger partial charge in [0, 0.05) is 55.1 Å². The standard InChI is InChI=1S/C24H28Cl2N2O5.C20H22Cl2N2O3.C18H19Cl2N3O3.C14H11Cl2NO2.C10H19NO4.C8H14O4.C2H7NO.ClH/c1-24(2,3)33-21(30)12-11-20(29)27-13-14-32-22(31)15-16-7-4-5-10-19(16)28-23-17(25)8-6-9-18(23)26;1-2-6-18(25)23-11-12-27-19(26)13-14-7-3-4-10-17(14)24-20-15(21)8-5-9-16(20)22;19-13-5-3-6-14(20)18(13)23-15-7-2-1-4-12(15)10-17(25)26-9-8-22-16(24)11-21;15-10-5-3-6-11(16)14(10)17-12-7-2-1-4-9(12)8-13(18)19;1-10(2,3)15-9(14)5-4-8(13)11-6-7-12;1-8(2,3)12-7(11)5-4-6(9)10;3-1-2-4;/h4-10,28H,11-15H2,1-3H3,(H,27,29);3-5,7-10,24H,2,6,11-13H2,1H3,(H,23,25);1-7,23H,8-11,21H2,(H,22,24);1-7,17H,8H2,(H,18,19);12H,4-7H2,1-3H3,(H,11,13);4-5H2,1-3H3,(H,9,10);4H,1-3H2;1H. The van der Waals surface area contributed by atoms with Crippen LogP contribution in [0.5, 0.6) is 0 Å². The van der Waals surface area contributed by atoms with Crippen LogP contribution in [0.3, 0.4) is 0 Å². The summed E-state index contributed by atoms with van der Waals surface area (Å²) < 4.78 is 30.6. The highest BCUT2D eigenvalue weighted by atomic mass is 35.5. The number of rotatable bonds is 40. The van der Waals surface area contributed by atoms with E-state index in [1.807, 2.05) is 79.7 Å². The SMILES string of the molecule is CC(C)(C)OC(=O)CCC(=O)NCCO.CC(C)(C)OC(=O)CCC(=O)NCCOC(=O)Cc1ccccc1Nc1c(Cl)cccc1Cl.CC(C)(C)OC(=O)CCC(=O)O.CCCC(=O)NCCOC(=O)Cc1ccccc1Nc1c(Cl)cccc1Cl.Cl.NCC(=O)NCCOC(=O)Cc1ccccc1Nc1c(Cl)cccc1Cl.NCCO.O=C(O)Cc1ccccc1Nc1c(Cl)cccc1Cl. The normalized spacial score (nSPS) is 10.4. The molecule has 8 aromatic carbocycles. The fraction of sp³-hybridized carbons (Fsp3) is 0.375. The first kappa shape index (κ1) is 124. The number of amides is 4. The molecular weight excluding hydrogens is 1960 g/mol. The van der Waals surface area contributed by atoms with Crippen molar-refractivity contribution in [3.63, 3.8) is 0 Å². The molecule has 0 aliphatic rings. The summed E-state index contributed by atoms with van der Waals surface area (Å²) in [5, 5.41) is 60.0. The van der Waals surface area contributed by atoms with Crippen molar-refractivity contribution < 1.29 is 106 Å². The molecule has 0 aromatic heterocycles. The van der Waals surface area contributed by atoms with Gasteiger partial charge >= 0.3 is 47.8 Å². The molecule has 0 aliphatic carbocycles. The van der Waals surface area contributed by atoms with Crippen LogP contribution < -0.4 is 54.0 Å². The minimum Gasteiger partial charge on any atom is -0.481 e. The van der Waals surface area contributed by atoms with Gasteiger partial charge in [-0.1, -0.05) is 197 Å². The van der Waals surface area contributed by atoms with Crippen LogP contribution in [-0.2, 0) is 112 Å². The quantitative estimate of drug-likeness (QED) is 0.00963. The topological polar surface area (TPSA) is 489 Å². The number of nitrogens with one attached hydrogen (secondary N) is 8. The highest BCUT2D eigenvalue weighted by Gasteiger charge is 2.23. The molecule has 0 aliphatic heterocycles. The van der Waals surface area contributed by atoms with E-state index in [4.69, 9.17) is 153 Å². The number of ether oxygens (including phenoxy) is 6. The van der Waals surface area contributed by atoms with Crippen molar-refractivity contribution in [1.29, 1.82) is 0 Å². The van der Waals surface area contributed by atoms with E-state index in [1.165, 1.54) is 0 Å². The number of nitrogens with two attached hydrogens (primary N) is 2. The number of hydrogen-bond donors (Lipinski definition) is 14. The molecule has 0 saturated heterocycles. The first-order chi connectivity index (χ1) is 64.2. The highest BCUT2D eigenvalue weighted by molar-refractivity contribution is 6.41. The number of aliphatic hydroxyl groups excluding tert-OH is 2. The Morgan fingerprint density at radius 1 is 0.307 bits per heavy atom. The summed E-state index contributed by atoms with van der Waals surface area (Å²) in [6.45, 7) is 19.2. The summed E-state index contributed by atoms with van der Waals surface area (Å²) >= 11 is 49.3. The fourth-order valence-electron chi connectivity index (χ4n) is 10.6. The first-order valence-electron chi connectivity index (χ1n) is 42.6. The third-order valence-corrected chi connectivity index (χ3v) is 19.0. The number of carbonyl (C=O) groups is 12. The molecule has 41 heteroatoms. The monoisotopic (exact) mass is 2080 g/mol. The molecule has 750 valence electrons. The van der Waals surface area contributed by atoms with E-state index in [2.05, 4.69) is 42.5 Å². The van der Waals surface area contributed by atoms with E-state index in [0.29, 0.717) is 111 Å². The molecule has 32 nitrogen and oxygen atoms in total. The lowest BCUT2D eigenvalue weighted by Crippen LogP contribution is -2.33. The second-order valence-electron chi connectivity index (χ2n) is 31.5. The maximum absolute atomic E-state index is 12.3. The number of carboxylic acids is 2. The van der Waals surface area contributed by atoms with Crippen LogP contribution in [0, 0.1) is 0 Å². The number of anilines is 8. The third kappa shape index (κ3) is 57.1. The largest absolute Gasteiger partial charge is 0.481 e. The first-order valence-corrected chi connectivity index (χ1v) is 45.6. The molecule has 0 spiro atoms. The van der Waals surface area contributed by atoms with Gasteiger partial charge in [-0.05, 0) is 164 Å². The Kier molecular flexibility index (Phi) is 61.7. The van der Waals surface area contributed by atoms with Crippen molar-refractivity contribution in [1.82, 2.24) is 21.3 Å². The summed E-state index contributed by atoms with van der Waals surface area (Å²) in [6.07, 6.45) is 1.29. The van der Waals surface area contributed by atoms with Crippen LogP contribution in [0.4, 0.5) is 45.5 Å². The molecule has 0 unspecified atom stereocenters. The van der Waals surface area contributed by atoms with Crippen LogP contribution in [0.2, 0.25) is 40.2 Å². The van der Waals surface area contributed by atoms with E-state index >= 15 is 0 Å². The summed E-state index contributed by atoms with van der Waals surface area (Å²) in [4.78, 5) is 136. The molecule has 0 heterocycles. The minimum atomic E-state index is -0.985. The lowest BCUT2D eigenvalue weighted by atomic mass is 10.1. The number of aliphatic hydroxyl groups is 2. The predicted molar refractivity (Wildman–Crippen MR) is 539 cm³/mol. The van der Waals surface area contributed by atoms with Crippen LogP contribution in [0.15, 0.2) is 170 Å². The van der Waals surface area contributed by atoms with Crippen molar-refractivity contribution in [2.45, 2.75) is 163 Å². The average molecular weight is 2090 g/mol. The van der Waals surface area contributed by atoms with Gasteiger partial charge in [0.2, 0.25) is 23.6 Å². The number of hydrogen-bond acceptors (Lipinski definition) is 26. The zero-order chi connectivity index (χ0) is 102. The van der Waals surface area contributed by atoms with Crippen LogP contribution in [0.25, 0.3) is 0 Å². The minimum absolute atomic E-state index is 0. The fourth-order valence-corrected chi connectivity index (χ4v) is 12.6. The molecular formula is C96H121Cl9N10O22. The van der Waals surface area contributed by atoms with Gasteiger partial charge in [0.05, 0.1) is 154 Å². The summed E-state index contributed by atoms with van der Waals surface area (Å²) in [5.74, 6) is -5.31. The van der Waals surface area contributed by atoms with Crippen molar-refractivity contribution in [2.24, 2.45) is 11.5 Å². The van der Waals surface area contributed by atoms with E-state index in [0.717, 1.165) is 23.2 Å². The smallest absolute Gasteiger partial charge is 0.310 e.